The predicted octanol–water partition coefficient (Wildman–Crippen LogP) is 3.70. The Hall–Kier alpha value is -2.02. The van der Waals surface area contributed by atoms with Gasteiger partial charge < -0.3 is 5.11 Å². The average molecular weight is 196 g/mol. The first kappa shape index (κ1) is 9.53. The molecule has 0 atom stereocenters. The van der Waals surface area contributed by atoms with Crippen molar-refractivity contribution in [3.63, 3.8) is 0 Å². The second-order valence-corrected chi connectivity index (χ2v) is 3.31. The van der Waals surface area contributed by atoms with Crippen molar-refractivity contribution in [2.24, 2.45) is 0 Å². The molecule has 0 radical (unpaired) electrons. The van der Waals surface area contributed by atoms with E-state index in [2.05, 4.69) is 6.58 Å². The van der Waals surface area contributed by atoms with Gasteiger partial charge in [-0.15, -0.1) is 0 Å². The summed E-state index contributed by atoms with van der Waals surface area (Å²) in [6.45, 7) is 3.72. The second kappa shape index (κ2) is 4.01. The van der Waals surface area contributed by atoms with Crippen molar-refractivity contribution in [1.82, 2.24) is 0 Å². The van der Waals surface area contributed by atoms with Crippen LogP contribution in [-0.4, -0.2) is 5.11 Å². The molecule has 0 aliphatic heterocycles. The summed E-state index contributed by atoms with van der Waals surface area (Å²) in [5, 5.41) is 9.68. The molecule has 0 bridgehead atoms. The van der Waals surface area contributed by atoms with Crippen LogP contribution in [0.5, 0.6) is 5.75 Å². The molecule has 0 saturated carbocycles. The first-order chi connectivity index (χ1) is 7.33. The van der Waals surface area contributed by atoms with E-state index >= 15 is 0 Å². The lowest BCUT2D eigenvalue weighted by Gasteiger charge is -2.07. The minimum atomic E-state index is 0.270. The standard InChI is InChI=1S/C14H12O/c1-2-12-13(9-6-10-14(12)15)11-7-4-3-5-8-11/h2-10,15H,1H2. The molecule has 15 heavy (non-hydrogen) atoms. The highest BCUT2D eigenvalue weighted by Crippen LogP contribution is 2.30. The molecule has 0 amide bonds. The molecular weight excluding hydrogens is 184 g/mol. The molecule has 0 saturated heterocycles. The van der Waals surface area contributed by atoms with Gasteiger partial charge in [0, 0.05) is 5.56 Å². The zero-order valence-corrected chi connectivity index (χ0v) is 8.35. The van der Waals surface area contributed by atoms with Gasteiger partial charge in [0.1, 0.15) is 5.75 Å². The summed E-state index contributed by atoms with van der Waals surface area (Å²) in [5.74, 6) is 0.270. The Balaban J connectivity index is 2.63. The summed E-state index contributed by atoms with van der Waals surface area (Å²) in [4.78, 5) is 0. The van der Waals surface area contributed by atoms with Crippen LogP contribution in [0.15, 0.2) is 55.1 Å². The van der Waals surface area contributed by atoms with E-state index < -0.39 is 0 Å². The van der Waals surface area contributed by atoms with E-state index in [1.54, 1.807) is 12.1 Å². The van der Waals surface area contributed by atoms with Gasteiger partial charge in [0.2, 0.25) is 0 Å². The Labute approximate surface area is 89.3 Å². The Morgan fingerprint density at radius 3 is 2.33 bits per heavy atom. The van der Waals surface area contributed by atoms with Crippen LogP contribution in [0.4, 0.5) is 0 Å². The van der Waals surface area contributed by atoms with Crippen molar-refractivity contribution < 1.29 is 5.11 Å². The van der Waals surface area contributed by atoms with E-state index in [0.29, 0.717) is 0 Å². The lowest BCUT2D eigenvalue weighted by molar-refractivity contribution is 0.474. The van der Waals surface area contributed by atoms with E-state index in [9.17, 15) is 5.11 Å². The Morgan fingerprint density at radius 1 is 0.933 bits per heavy atom. The van der Waals surface area contributed by atoms with Crippen LogP contribution in [0.3, 0.4) is 0 Å². The topological polar surface area (TPSA) is 20.2 Å². The Bertz CT molecular complexity index is 472. The van der Waals surface area contributed by atoms with E-state index in [-0.39, 0.29) is 5.75 Å². The molecule has 0 unspecified atom stereocenters. The largest absolute Gasteiger partial charge is 0.507 e. The Morgan fingerprint density at radius 2 is 1.67 bits per heavy atom. The second-order valence-electron chi connectivity index (χ2n) is 3.31. The molecule has 2 rings (SSSR count). The highest BCUT2D eigenvalue weighted by Gasteiger charge is 2.05. The number of phenols is 1. The zero-order valence-electron chi connectivity index (χ0n) is 8.35. The van der Waals surface area contributed by atoms with Crippen LogP contribution in [0, 0.1) is 0 Å². The Kier molecular flexibility index (Phi) is 2.55. The lowest BCUT2D eigenvalue weighted by Crippen LogP contribution is -1.83. The van der Waals surface area contributed by atoms with Crippen molar-refractivity contribution in [3.8, 4) is 16.9 Å². The molecule has 0 spiro atoms. The third-order valence-electron chi connectivity index (χ3n) is 2.37. The fourth-order valence-electron chi connectivity index (χ4n) is 1.64. The number of benzene rings is 2. The fraction of sp³-hybridized carbons (Fsp3) is 0. The molecule has 0 fully saturated rings. The molecule has 0 heterocycles. The molecule has 1 nitrogen and oxygen atoms in total. The molecular formula is C14H12O. The van der Waals surface area contributed by atoms with Crippen LogP contribution >= 0.6 is 0 Å². The number of rotatable bonds is 2. The van der Waals surface area contributed by atoms with Gasteiger partial charge in [-0.3, -0.25) is 0 Å². The molecule has 74 valence electrons. The monoisotopic (exact) mass is 196 g/mol. The molecule has 1 N–H and O–H groups in total. The minimum absolute atomic E-state index is 0.270. The molecule has 0 aliphatic rings. The maximum Gasteiger partial charge on any atom is 0.123 e. The minimum Gasteiger partial charge on any atom is -0.507 e. The van der Waals surface area contributed by atoms with E-state index in [4.69, 9.17) is 0 Å². The highest BCUT2D eigenvalue weighted by atomic mass is 16.3. The quantitative estimate of drug-likeness (QED) is 0.776. The van der Waals surface area contributed by atoms with Gasteiger partial charge in [0.05, 0.1) is 0 Å². The zero-order chi connectivity index (χ0) is 10.7. The van der Waals surface area contributed by atoms with Gasteiger partial charge in [-0.05, 0) is 17.2 Å². The van der Waals surface area contributed by atoms with Crippen LogP contribution in [0.2, 0.25) is 0 Å². The summed E-state index contributed by atoms with van der Waals surface area (Å²) >= 11 is 0. The number of phenolic OH excluding ortho intramolecular Hbond substituents is 1. The van der Waals surface area contributed by atoms with Crippen LogP contribution in [-0.2, 0) is 0 Å². The smallest absolute Gasteiger partial charge is 0.123 e. The third kappa shape index (κ3) is 1.77. The van der Waals surface area contributed by atoms with Crippen LogP contribution < -0.4 is 0 Å². The van der Waals surface area contributed by atoms with Crippen LogP contribution in [0.25, 0.3) is 17.2 Å². The van der Waals surface area contributed by atoms with Crippen molar-refractivity contribution in [2.45, 2.75) is 0 Å². The predicted molar refractivity (Wildman–Crippen MR) is 63.6 cm³/mol. The molecule has 2 aromatic rings. The maximum absolute atomic E-state index is 9.68. The first-order valence-corrected chi connectivity index (χ1v) is 4.83. The number of hydrogen-bond acceptors (Lipinski definition) is 1. The van der Waals surface area contributed by atoms with E-state index in [0.717, 1.165) is 16.7 Å². The number of hydrogen-bond donors (Lipinski definition) is 1. The molecule has 1 heteroatoms. The van der Waals surface area contributed by atoms with Gasteiger partial charge in [-0.25, -0.2) is 0 Å². The van der Waals surface area contributed by atoms with E-state index in [1.165, 1.54) is 0 Å². The van der Waals surface area contributed by atoms with Crippen molar-refractivity contribution in [1.29, 1.82) is 0 Å². The normalized spacial score (nSPS) is 9.87. The first-order valence-electron chi connectivity index (χ1n) is 4.83. The summed E-state index contributed by atoms with van der Waals surface area (Å²) < 4.78 is 0. The molecule has 2 aromatic carbocycles. The lowest BCUT2D eigenvalue weighted by atomic mass is 9.99. The molecule has 0 aliphatic carbocycles. The van der Waals surface area contributed by atoms with Gasteiger partial charge >= 0.3 is 0 Å². The van der Waals surface area contributed by atoms with Gasteiger partial charge in [0.15, 0.2) is 0 Å². The van der Waals surface area contributed by atoms with Crippen molar-refractivity contribution >= 4 is 6.08 Å². The van der Waals surface area contributed by atoms with Gasteiger partial charge in [0.25, 0.3) is 0 Å². The fourth-order valence-corrected chi connectivity index (χ4v) is 1.64. The SMILES string of the molecule is C=Cc1c(O)cccc1-c1ccccc1. The van der Waals surface area contributed by atoms with Gasteiger partial charge in [-0.1, -0.05) is 55.1 Å². The summed E-state index contributed by atoms with van der Waals surface area (Å²) in [5.41, 5.74) is 2.87. The van der Waals surface area contributed by atoms with Gasteiger partial charge in [-0.2, -0.15) is 0 Å². The van der Waals surface area contributed by atoms with Crippen LogP contribution in [0.1, 0.15) is 5.56 Å². The third-order valence-corrected chi connectivity index (χ3v) is 2.37. The molecule has 0 aromatic heterocycles. The van der Waals surface area contributed by atoms with Crippen molar-refractivity contribution in [3.05, 3.63) is 60.7 Å². The van der Waals surface area contributed by atoms with E-state index in [1.807, 2.05) is 42.5 Å². The highest BCUT2D eigenvalue weighted by molar-refractivity contribution is 5.77. The number of aromatic hydroxyl groups is 1. The maximum atomic E-state index is 9.68. The summed E-state index contributed by atoms with van der Waals surface area (Å²) in [7, 11) is 0. The summed E-state index contributed by atoms with van der Waals surface area (Å²) in [6, 6.07) is 15.4. The average Bonchev–Trinajstić information content (AvgIpc) is 2.30. The van der Waals surface area contributed by atoms with Crippen molar-refractivity contribution in [2.75, 3.05) is 0 Å². The summed E-state index contributed by atoms with van der Waals surface area (Å²) in [6.07, 6.45) is 1.68.